The zero-order valence-corrected chi connectivity index (χ0v) is 9.87. The second kappa shape index (κ2) is 4.71. The Bertz CT molecular complexity index is 247. The van der Waals surface area contributed by atoms with Crippen LogP contribution in [-0.4, -0.2) is 42.5 Å². The fraction of sp³-hybridized carbons (Fsp3) is 0.909. The number of halogens is 1. The van der Waals surface area contributed by atoms with Crippen LogP contribution in [0.2, 0.25) is 0 Å². The molecular weight excluding hydrogens is 214 g/mol. The first-order chi connectivity index (χ1) is 7.22. The van der Waals surface area contributed by atoms with E-state index in [4.69, 9.17) is 16.3 Å². The van der Waals surface area contributed by atoms with Gasteiger partial charge in [0.15, 0.2) is 0 Å². The number of carbonyl (C=O) groups is 1. The normalized spacial score (nSPS) is 36.1. The number of hydrogen-bond acceptors (Lipinski definition) is 2. The molecule has 2 fully saturated rings. The number of hydrogen-bond donors (Lipinski definition) is 0. The lowest BCUT2D eigenvalue weighted by molar-refractivity contribution is -0.141. The summed E-state index contributed by atoms with van der Waals surface area (Å²) in [4.78, 5) is 14.0. The number of rotatable bonds is 2. The first-order valence-electron chi connectivity index (χ1n) is 5.68. The standard InChI is InChI=1S/C11H18ClNO2/c1-8-3-5-15-10(8)11(14)13-4-2-9(6-12)7-13/h8-10H,2-7H2,1H3. The molecule has 0 aromatic heterocycles. The zero-order valence-electron chi connectivity index (χ0n) is 9.12. The lowest BCUT2D eigenvalue weighted by Gasteiger charge is -2.22. The molecule has 0 spiro atoms. The third-order valence-corrected chi connectivity index (χ3v) is 3.88. The number of likely N-dealkylation sites (tertiary alicyclic amines) is 1. The van der Waals surface area contributed by atoms with Gasteiger partial charge in [0.05, 0.1) is 0 Å². The van der Waals surface area contributed by atoms with E-state index in [0.29, 0.717) is 17.7 Å². The highest BCUT2D eigenvalue weighted by Crippen LogP contribution is 2.25. The van der Waals surface area contributed by atoms with Crippen LogP contribution in [0, 0.1) is 11.8 Å². The second-order valence-corrected chi connectivity index (χ2v) is 4.96. The fourth-order valence-corrected chi connectivity index (χ4v) is 2.60. The molecule has 2 rings (SSSR count). The van der Waals surface area contributed by atoms with Crippen LogP contribution in [0.3, 0.4) is 0 Å². The van der Waals surface area contributed by atoms with Crippen molar-refractivity contribution in [2.24, 2.45) is 11.8 Å². The molecule has 1 amide bonds. The first kappa shape index (κ1) is 11.2. The van der Waals surface area contributed by atoms with Crippen LogP contribution >= 0.6 is 11.6 Å². The van der Waals surface area contributed by atoms with Crippen molar-refractivity contribution < 1.29 is 9.53 Å². The van der Waals surface area contributed by atoms with Gasteiger partial charge in [0.25, 0.3) is 5.91 Å². The van der Waals surface area contributed by atoms with Crippen LogP contribution in [0.1, 0.15) is 19.8 Å². The molecule has 2 aliphatic heterocycles. The lowest BCUT2D eigenvalue weighted by Crippen LogP contribution is -2.39. The van der Waals surface area contributed by atoms with Gasteiger partial charge in [-0.2, -0.15) is 0 Å². The SMILES string of the molecule is CC1CCOC1C(=O)N1CCC(CCl)C1. The van der Waals surface area contributed by atoms with Gasteiger partial charge in [-0.05, 0) is 24.7 Å². The minimum absolute atomic E-state index is 0.174. The van der Waals surface area contributed by atoms with Gasteiger partial charge in [0, 0.05) is 25.6 Å². The van der Waals surface area contributed by atoms with Gasteiger partial charge in [-0.3, -0.25) is 4.79 Å². The smallest absolute Gasteiger partial charge is 0.251 e. The summed E-state index contributed by atoms with van der Waals surface area (Å²) in [6, 6.07) is 0. The quantitative estimate of drug-likeness (QED) is 0.675. The third-order valence-electron chi connectivity index (χ3n) is 3.45. The maximum Gasteiger partial charge on any atom is 0.251 e. The number of ether oxygens (including phenoxy) is 1. The Kier molecular flexibility index (Phi) is 3.52. The van der Waals surface area contributed by atoms with E-state index < -0.39 is 0 Å². The Labute approximate surface area is 95.7 Å². The lowest BCUT2D eigenvalue weighted by atomic mass is 10.0. The van der Waals surface area contributed by atoms with Gasteiger partial charge in [0.1, 0.15) is 6.10 Å². The highest BCUT2D eigenvalue weighted by atomic mass is 35.5. The summed E-state index contributed by atoms with van der Waals surface area (Å²) in [5, 5.41) is 0. The van der Waals surface area contributed by atoms with E-state index in [1.807, 2.05) is 4.90 Å². The molecule has 2 saturated heterocycles. The molecule has 0 radical (unpaired) electrons. The van der Waals surface area contributed by atoms with E-state index in [-0.39, 0.29) is 12.0 Å². The minimum atomic E-state index is -0.195. The average Bonchev–Trinajstić information content (AvgIpc) is 2.84. The molecule has 0 bridgehead atoms. The molecule has 3 unspecified atom stereocenters. The Morgan fingerprint density at radius 1 is 1.53 bits per heavy atom. The van der Waals surface area contributed by atoms with Crippen LogP contribution < -0.4 is 0 Å². The van der Waals surface area contributed by atoms with Crippen LogP contribution in [0.5, 0.6) is 0 Å². The molecule has 0 saturated carbocycles. The van der Waals surface area contributed by atoms with Gasteiger partial charge in [0.2, 0.25) is 0 Å². The molecule has 15 heavy (non-hydrogen) atoms. The number of carbonyl (C=O) groups excluding carboxylic acids is 1. The van der Waals surface area contributed by atoms with Crippen molar-refractivity contribution in [2.45, 2.75) is 25.9 Å². The highest BCUT2D eigenvalue weighted by molar-refractivity contribution is 6.18. The molecule has 3 nitrogen and oxygen atoms in total. The maximum atomic E-state index is 12.1. The Hall–Kier alpha value is -0.280. The third kappa shape index (κ3) is 2.28. The van der Waals surface area contributed by atoms with Gasteiger partial charge in [-0.25, -0.2) is 0 Å². The Morgan fingerprint density at radius 3 is 2.87 bits per heavy atom. The predicted octanol–water partition coefficient (Wildman–Crippen LogP) is 1.50. The Balaban J connectivity index is 1.91. The van der Waals surface area contributed by atoms with Crippen molar-refractivity contribution in [3.05, 3.63) is 0 Å². The summed E-state index contributed by atoms with van der Waals surface area (Å²) < 4.78 is 5.48. The molecule has 0 aromatic carbocycles. The summed E-state index contributed by atoms with van der Waals surface area (Å²) in [5.41, 5.74) is 0. The number of nitrogens with zero attached hydrogens (tertiary/aromatic N) is 1. The summed E-state index contributed by atoms with van der Waals surface area (Å²) in [6.07, 6.45) is 1.85. The summed E-state index contributed by atoms with van der Waals surface area (Å²) in [6.45, 7) is 4.48. The van der Waals surface area contributed by atoms with E-state index in [1.165, 1.54) is 0 Å². The molecule has 3 atom stereocenters. The first-order valence-corrected chi connectivity index (χ1v) is 6.22. The highest BCUT2D eigenvalue weighted by Gasteiger charge is 2.36. The van der Waals surface area contributed by atoms with Crippen molar-refractivity contribution in [3.8, 4) is 0 Å². The largest absolute Gasteiger partial charge is 0.368 e. The van der Waals surface area contributed by atoms with Gasteiger partial charge in [-0.15, -0.1) is 11.6 Å². The topological polar surface area (TPSA) is 29.5 Å². The van der Waals surface area contributed by atoms with Crippen LogP contribution in [-0.2, 0) is 9.53 Å². The van der Waals surface area contributed by atoms with E-state index in [1.54, 1.807) is 0 Å². The molecule has 0 aromatic rings. The minimum Gasteiger partial charge on any atom is -0.368 e. The van der Waals surface area contributed by atoms with Crippen molar-refractivity contribution in [1.29, 1.82) is 0 Å². The van der Waals surface area contributed by atoms with Crippen molar-refractivity contribution in [3.63, 3.8) is 0 Å². The summed E-state index contributed by atoms with van der Waals surface area (Å²) in [7, 11) is 0. The molecule has 0 N–H and O–H groups in total. The van der Waals surface area contributed by atoms with Crippen LogP contribution in [0.15, 0.2) is 0 Å². The second-order valence-electron chi connectivity index (χ2n) is 4.65. The molecule has 0 aliphatic carbocycles. The van der Waals surface area contributed by atoms with E-state index in [2.05, 4.69) is 6.92 Å². The van der Waals surface area contributed by atoms with E-state index >= 15 is 0 Å². The van der Waals surface area contributed by atoms with Crippen LogP contribution in [0.25, 0.3) is 0 Å². The van der Waals surface area contributed by atoms with Crippen molar-refractivity contribution in [1.82, 2.24) is 4.90 Å². The summed E-state index contributed by atoms with van der Waals surface area (Å²) >= 11 is 5.80. The Morgan fingerprint density at radius 2 is 2.33 bits per heavy atom. The van der Waals surface area contributed by atoms with Crippen molar-refractivity contribution in [2.75, 3.05) is 25.6 Å². The molecule has 4 heteroatoms. The maximum absolute atomic E-state index is 12.1. The van der Waals surface area contributed by atoms with E-state index in [0.717, 1.165) is 32.5 Å². The number of amides is 1. The zero-order chi connectivity index (χ0) is 10.8. The average molecular weight is 232 g/mol. The van der Waals surface area contributed by atoms with Crippen LogP contribution in [0.4, 0.5) is 0 Å². The molecule has 86 valence electrons. The molecular formula is C11H18ClNO2. The molecule has 2 heterocycles. The van der Waals surface area contributed by atoms with Gasteiger partial charge >= 0.3 is 0 Å². The van der Waals surface area contributed by atoms with Crippen molar-refractivity contribution >= 4 is 17.5 Å². The van der Waals surface area contributed by atoms with Gasteiger partial charge < -0.3 is 9.64 Å². The van der Waals surface area contributed by atoms with E-state index in [9.17, 15) is 4.79 Å². The predicted molar refractivity (Wildman–Crippen MR) is 58.9 cm³/mol. The molecule has 2 aliphatic rings. The summed E-state index contributed by atoms with van der Waals surface area (Å²) in [5.74, 6) is 1.68. The monoisotopic (exact) mass is 231 g/mol. The van der Waals surface area contributed by atoms with Gasteiger partial charge in [-0.1, -0.05) is 6.92 Å². The fourth-order valence-electron chi connectivity index (χ4n) is 2.35. The number of alkyl halides is 1.